The van der Waals surface area contributed by atoms with Crippen molar-refractivity contribution in [2.45, 2.75) is 135 Å². The van der Waals surface area contributed by atoms with Gasteiger partial charge in [0.25, 0.3) is 0 Å². The number of aliphatic hydroxyl groups is 2. The standard InChI is InChI=1S/C37H52O11Si/c1-10-49(11-2,12-3)48-26-18-27-36(20-44-27,47-23(6)39)30-32(46-33(42)24-16-14-13-15-17-24)37(43)19-25(40)21(4)28(34(37,7)8)29(45-22(5)38)31(41)35(26,30)9/h13-17,25-27,29-30,32,40,43H,10-12,18-20H2,1-9H3/t25-,26-,27+,29+,30?,32-,35+,36-,37+/m0/s1. The normalized spacial score (nSPS) is 36.7. The lowest BCUT2D eigenvalue weighted by Gasteiger charge is -2.68. The Hall–Kier alpha value is -2.90. The molecule has 1 saturated heterocycles. The Labute approximate surface area is 289 Å². The molecule has 2 N–H and O–H groups in total. The first-order valence-electron chi connectivity index (χ1n) is 17.5. The summed E-state index contributed by atoms with van der Waals surface area (Å²) in [5.74, 6) is -3.91. The fraction of sp³-hybridized carbons (Fsp3) is 0.676. The predicted octanol–water partition coefficient (Wildman–Crippen LogP) is 4.68. The van der Waals surface area contributed by atoms with E-state index in [1.54, 1.807) is 58.0 Å². The molecule has 11 nitrogen and oxygen atoms in total. The van der Waals surface area contributed by atoms with E-state index in [0.717, 1.165) is 18.1 Å². The maximum atomic E-state index is 15.6. The number of hydrogen-bond donors (Lipinski definition) is 2. The summed E-state index contributed by atoms with van der Waals surface area (Å²) in [6.07, 6.45) is -6.04. The predicted molar refractivity (Wildman–Crippen MR) is 181 cm³/mol. The highest BCUT2D eigenvalue weighted by atomic mass is 28.4. The third-order valence-corrected chi connectivity index (χ3v) is 17.2. The summed E-state index contributed by atoms with van der Waals surface area (Å²) >= 11 is 0. The van der Waals surface area contributed by atoms with E-state index in [1.165, 1.54) is 13.8 Å². The molecule has 1 unspecified atom stereocenters. The second kappa shape index (κ2) is 13.0. The molecule has 0 radical (unpaired) electrons. The van der Waals surface area contributed by atoms with Crippen LogP contribution in [-0.4, -0.2) is 90.6 Å². The molecule has 9 atom stereocenters. The van der Waals surface area contributed by atoms with Crippen molar-refractivity contribution in [1.82, 2.24) is 0 Å². The number of fused-ring (bicyclic) bond motifs is 5. The molecule has 0 aromatic heterocycles. The average Bonchev–Trinajstić information content (AvgIpc) is 3.04. The molecule has 1 aliphatic heterocycles. The highest BCUT2D eigenvalue weighted by Crippen LogP contribution is 2.65. The minimum absolute atomic E-state index is 0.131. The molecule has 1 aromatic carbocycles. The number of rotatable bonds is 9. The van der Waals surface area contributed by atoms with Gasteiger partial charge in [-0.15, -0.1) is 0 Å². The summed E-state index contributed by atoms with van der Waals surface area (Å²) in [5, 5.41) is 24.8. The van der Waals surface area contributed by atoms with Crippen LogP contribution in [-0.2, 0) is 37.8 Å². The minimum atomic E-state index is -2.48. The first-order valence-corrected chi connectivity index (χ1v) is 20.0. The lowest BCUT2D eigenvalue weighted by molar-refractivity contribution is -0.344. The SMILES string of the molecule is CC[Si](CC)(CC)O[C@H]1C[C@H]2OC[C@@]2(OC(C)=O)C2[C@H](OC(=O)c3ccccc3)[C@]3(O)C[C@H](O)C(C)=C([C@@H](OC(C)=O)C(=O)[C@@]21C)C3(C)C. The van der Waals surface area contributed by atoms with E-state index >= 15 is 4.79 Å². The maximum absolute atomic E-state index is 15.6. The topological polar surface area (TPSA) is 155 Å². The van der Waals surface area contributed by atoms with Gasteiger partial charge in [0.1, 0.15) is 17.8 Å². The smallest absolute Gasteiger partial charge is 0.338 e. The Balaban J connectivity index is 1.88. The molecule has 2 bridgehead atoms. The van der Waals surface area contributed by atoms with Crippen LogP contribution in [0.25, 0.3) is 0 Å². The van der Waals surface area contributed by atoms with Crippen LogP contribution in [0.3, 0.4) is 0 Å². The fourth-order valence-corrected chi connectivity index (χ4v) is 12.3. The third-order valence-electron chi connectivity index (χ3n) is 12.5. The summed E-state index contributed by atoms with van der Waals surface area (Å²) in [6.45, 7) is 15.3. The van der Waals surface area contributed by atoms with E-state index in [1.807, 2.05) is 0 Å². The van der Waals surface area contributed by atoms with Crippen LogP contribution in [0, 0.1) is 16.7 Å². The molecule has 1 aromatic rings. The van der Waals surface area contributed by atoms with Crippen molar-refractivity contribution in [1.29, 1.82) is 0 Å². The Bertz CT molecular complexity index is 1510. The molecule has 49 heavy (non-hydrogen) atoms. The molecule has 270 valence electrons. The second-order valence-corrected chi connectivity index (χ2v) is 19.8. The third kappa shape index (κ3) is 5.62. The molecule has 4 aliphatic rings. The number of aliphatic hydroxyl groups excluding tert-OH is 1. The molecule has 12 heteroatoms. The molecular formula is C37H52O11Si. The number of ether oxygens (including phenoxy) is 4. The van der Waals surface area contributed by atoms with Gasteiger partial charge < -0.3 is 33.6 Å². The van der Waals surface area contributed by atoms with Crippen LogP contribution in [0.2, 0.25) is 18.1 Å². The number of hydrogen-bond acceptors (Lipinski definition) is 11. The number of benzene rings is 1. The first kappa shape index (κ1) is 37.4. The van der Waals surface area contributed by atoms with Crippen molar-refractivity contribution in [3.63, 3.8) is 0 Å². The lowest BCUT2D eigenvalue weighted by atomic mass is 9.44. The molecule has 1 heterocycles. The Kier molecular flexibility index (Phi) is 9.92. The van der Waals surface area contributed by atoms with Crippen molar-refractivity contribution in [2.75, 3.05) is 6.61 Å². The number of carbonyl (C=O) groups is 4. The number of esters is 3. The zero-order chi connectivity index (χ0) is 36.3. The van der Waals surface area contributed by atoms with Crippen molar-refractivity contribution >= 4 is 32.0 Å². The molecule has 0 amide bonds. The highest BCUT2D eigenvalue weighted by Gasteiger charge is 2.78. The van der Waals surface area contributed by atoms with Gasteiger partial charge in [-0.1, -0.05) is 52.8 Å². The van der Waals surface area contributed by atoms with Gasteiger partial charge in [0.15, 0.2) is 25.8 Å². The van der Waals surface area contributed by atoms with Crippen LogP contribution < -0.4 is 0 Å². The number of Topliss-reactive ketones (excluding diaryl/α,β-unsaturated/α-hetero) is 1. The van der Waals surface area contributed by atoms with Crippen LogP contribution in [0.5, 0.6) is 0 Å². The van der Waals surface area contributed by atoms with Gasteiger partial charge in [-0.05, 0) is 55.3 Å². The Morgan fingerprint density at radius 1 is 0.980 bits per heavy atom. The molecule has 3 fully saturated rings. The quantitative estimate of drug-likeness (QED) is 0.160. The summed E-state index contributed by atoms with van der Waals surface area (Å²) in [4.78, 5) is 55.5. The zero-order valence-corrected chi connectivity index (χ0v) is 31.2. The van der Waals surface area contributed by atoms with Crippen LogP contribution in [0.15, 0.2) is 41.5 Å². The van der Waals surface area contributed by atoms with Crippen molar-refractivity contribution < 1.29 is 52.8 Å². The van der Waals surface area contributed by atoms with Gasteiger partial charge in [0, 0.05) is 32.1 Å². The van der Waals surface area contributed by atoms with E-state index in [2.05, 4.69) is 20.8 Å². The van der Waals surface area contributed by atoms with Crippen LogP contribution in [0.4, 0.5) is 0 Å². The molecule has 3 aliphatic carbocycles. The lowest BCUT2D eigenvalue weighted by Crippen LogP contribution is -2.82. The summed E-state index contributed by atoms with van der Waals surface area (Å²) in [7, 11) is -2.48. The largest absolute Gasteiger partial charge is 0.455 e. The minimum Gasteiger partial charge on any atom is -0.455 e. The summed E-state index contributed by atoms with van der Waals surface area (Å²) in [5.41, 5.74) is -5.83. The summed E-state index contributed by atoms with van der Waals surface area (Å²) < 4.78 is 31.9. The second-order valence-electron chi connectivity index (χ2n) is 15.1. The van der Waals surface area contributed by atoms with Gasteiger partial charge in [0.2, 0.25) is 0 Å². The fourth-order valence-electron chi connectivity index (χ4n) is 9.36. The number of carbonyl (C=O) groups excluding carboxylic acids is 4. The Morgan fingerprint density at radius 3 is 2.10 bits per heavy atom. The van der Waals surface area contributed by atoms with Gasteiger partial charge >= 0.3 is 17.9 Å². The monoisotopic (exact) mass is 700 g/mol. The van der Waals surface area contributed by atoms with E-state index in [-0.39, 0.29) is 30.6 Å². The highest BCUT2D eigenvalue weighted by molar-refractivity contribution is 6.73. The van der Waals surface area contributed by atoms with Gasteiger partial charge in [-0.2, -0.15) is 0 Å². The van der Waals surface area contributed by atoms with Gasteiger partial charge in [0.05, 0.1) is 35.7 Å². The van der Waals surface area contributed by atoms with Crippen LogP contribution in [0.1, 0.15) is 85.5 Å². The first-order chi connectivity index (χ1) is 22.9. The van der Waals surface area contributed by atoms with Gasteiger partial charge in [-0.25, -0.2) is 4.79 Å². The number of ketones is 1. The molecule has 0 spiro atoms. The van der Waals surface area contributed by atoms with E-state index in [4.69, 9.17) is 23.4 Å². The van der Waals surface area contributed by atoms with E-state index in [9.17, 15) is 24.6 Å². The van der Waals surface area contributed by atoms with Crippen molar-refractivity contribution in [3.8, 4) is 0 Å². The van der Waals surface area contributed by atoms with E-state index in [0.29, 0.717) is 5.57 Å². The summed E-state index contributed by atoms with van der Waals surface area (Å²) in [6, 6.07) is 10.6. The molecular weight excluding hydrogens is 648 g/mol. The maximum Gasteiger partial charge on any atom is 0.338 e. The van der Waals surface area contributed by atoms with Crippen molar-refractivity contribution in [2.24, 2.45) is 16.7 Å². The van der Waals surface area contributed by atoms with Crippen LogP contribution >= 0.6 is 0 Å². The van der Waals surface area contributed by atoms with Gasteiger partial charge in [-0.3, -0.25) is 14.4 Å². The molecule has 2 saturated carbocycles. The van der Waals surface area contributed by atoms with Crippen molar-refractivity contribution in [3.05, 3.63) is 47.0 Å². The average molecular weight is 701 g/mol. The Morgan fingerprint density at radius 2 is 1.59 bits per heavy atom. The molecule has 5 rings (SSSR count). The van der Waals surface area contributed by atoms with E-state index < -0.39 is 90.5 Å². The zero-order valence-electron chi connectivity index (χ0n) is 30.2.